The van der Waals surface area contributed by atoms with Gasteiger partial charge in [-0.2, -0.15) is 0 Å². The Bertz CT molecular complexity index is 1720. The number of rotatable bonds is 8. The largest absolute Gasteiger partial charge is 0.493 e. The zero-order valence-electron chi connectivity index (χ0n) is 22.2. The summed E-state index contributed by atoms with van der Waals surface area (Å²) < 4.78 is 23.0. The molecule has 0 unspecified atom stereocenters. The van der Waals surface area contributed by atoms with Crippen molar-refractivity contribution in [3.8, 4) is 39.7 Å². The van der Waals surface area contributed by atoms with Crippen LogP contribution >= 0.6 is 0 Å². The van der Waals surface area contributed by atoms with E-state index in [9.17, 15) is 9.59 Å². The number of carbonyl (C=O) groups is 1. The van der Waals surface area contributed by atoms with E-state index in [1.807, 2.05) is 68.4 Å². The van der Waals surface area contributed by atoms with Gasteiger partial charge >= 0.3 is 0 Å². The molecule has 0 saturated carbocycles. The number of hydrogen-bond donors (Lipinski definition) is 0. The molecule has 0 aliphatic carbocycles. The van der Waals surface area contributed by atoms with Crippen molar-refractivity contribution < 1.29 is 23.4 Å². The molecule has 0 N–H and O–H groups in total. The number of aryl methyl sites for hydroxylation is 2. The van der Waals surface area contributed by atoms with E-state index >= 15 is 0 Å². The Morgan fingerprint density at radius 3 is 2.13 bits per heavy atom. The predicted octanol–water partition coefficient (Wildman–Crippen LogP) is 7.02. The van der Waals surface area contributed by atoms with Gasteiger partial charge in [-0.1, -0.05) is 60.7 Å². The van der Waals surface area contributed by atoms with Crippen LogP contribution in [0.25, 0.3) is 33.4 Å². The van der Waals surface area contributed by atoms with Gasteiger partial charge in [-0.15, -0.1) is 0 Å². The summed E-state index contributed by atoms with van der Waals surface area (Å²) in [5.41, 5.74) is 4.94. The molecule has 196 valence electrons. The van der Waals surface area contributed by atoms with Crippen molar-refractivity contribution >= 4 is 16.8 Å². The van der Waals surface area contributed by atoms with E-state index in [1.165, 1.54) is 7.11 Å². The van der Waals surface area contributed by atoms with E-state index in [-0.39, 0.29) is 29.3 Å². The lowest BCUT2D eigenvalue weighted by atomic mass is 10.0. The van der Waals surface area contributed by atoms with Crippen LogP contribution in [0.2, 0.25) is 0 Å². The van der Waals surface area contributed by atoms with Crippen LogP contribution in [0, 0.1) is 13.8 Å². The molecule has 6 heteroatoms. The first-order valence-corrected chi connectivity index (χ1v) is 12.5. The average Bonchev–Trinajstić information content (AvgIpc) is 2.96. The molecule has 0 spiro atoms. The van der Waals surface area contributed by atoms with Crippen molar-refractivity contribution in [1.82, 2.24) is 0 Å². The first kappa shape index (κ1) is 25.8. The van der Waals surface area contributed by atoms with E-state index < -0.39 is 0 Å². The van der Waals surface area contributed by atoms with Crippen molar-refractivity contribution in [3.05, 3.63) is 112 Å². The number of hydrogen-bond acceptors (Lipinski definition) is 6. The fourth-order valence-electron chi connectivity index (χ4n) is 4.67. The summed E-state index contributed by atoms with van der Waals surface area (Å²) in [6.07, 6.45) is 0. The highest BCUT2D eigenvalue weighted by Gasteiger charge is 2.22. The van der Waals surface area contributed by atoms with Crippen LogP contribution in [0.1, 0.15) is 21.5 Å². The predicted molar refractivity (Wildman–Crippen MR) is 152 cm³/mol. The maximum absolute atomic E-state index is 13.7. The number of ketones is 1. The fourth-order valence-corrected chi connectivity index (χ4v) is 4.67. The van der Waals surface area contributed by atoms with E-state index in [0.717, 1.165) is 22.3 Å². The standard InChI is InChI=1S/C33H28O6/c1-20-16-21(2)30-29(17-20)39-32(25-14-15-27(36-3)28(18-25)37-4)33(31(30)35)38-19-26(34)24-12-10-23(11-13-24)22-8-6-5-7-9-22/h5-18H,19H2,1-4H3. The van der Waals surface area contributed by atoms with Gasteiger partial charge in [-0.3, -0.25) is 9.59 Å². The molecule has 0 atom stereocenters. The second-order valence-corrected chi connectivity index (χ2v) is 9.27. The molecule has 5 aromatic rings. The SMILES string of the molecule is COc1ccc(-c2oc3cc(C)cc(C)c3c(=O)c2OCC(=O)c2ccc(-c3ccccc3)cc2)cc1OC. The van der Waals surface area contributed by atoms with Gasteiger partial charge in [0.05, 0.1) is 19.6 Å². The second kappa shape index (κ2) is 10.9. The molecule has 0 fully saturated rings. The summed E-state index contributed by atoms with van der Waals surface area (Å²) in [5, 5.41) is 0.416. The van der Waals surface area contributed by atoms with Gasteiger partial charge in [-0.25, -0.2) is 0 Å². The van der Waals surface area contributed by atoms with Crippen molar-refractivity contribution in [1.29, 1.82) is 0 Å². The van der Waals surface area contributed by atoms with E-state index in [1.54, 1.807) is 37.4 Å². The molecule has 1 aromatic heterocycles. The van der Waals surface area contributed by atoms with E-state index in [2.05, 4.69) is 0 Å². The van der Waals surface area contributed by atoms with Gasteiger partial charge in [0.25, 0.3) is 0 Å². The Morgan fingerprint density at radius 1 is 0.769 bits per heavy atom. The minimum absolute atomic E-state index is 0.0315. The normalized spacial score (nSPS) is 10.9. The Balaban J connectivity index is 1.52. The average molecular weight is 521 g/mol. The quantitative estimate of drug-likeness (QED) is 0.205. The third-order valence-electron chi connectivity index (χ3n) is 6.60. The Hall–Kier alpha value is -4.84. The topological polar surface area (TPSA) is 75.0 Å². The molecule has 5 rings (SSSR count). The molecular formula is C33H28O6. The molecule has 1 heterocycles. The van der Waals surface area contributed by atoms with Crippen LogP contribution in [-0.4, -0.2) is 26.6 Å². The molecular weight excluding hydrogens is 492 g/mol. The second-order valence-electron chi connectivity index (χ2n) is 9.27. The molecule has 0 radical (unpaired) electrons. The number of ether oxygens (including phenoxy) is 3. The van der Waals surface area contributed by atoms with Crippen LogP contribution < -0.4 is 19.6 Å². The van der Waals surface area contributed by atoms with Crippen LogP contribution in [0.5, 0.6) is 17.2 Å². The molecule has 6 nitrogen and oxygen atoms in total. The van der Waals surface area contributed by atoms with Gasteiger partial charge in [-0.05, 0) is 60.4 Å². The van der Waals surface area contributed by atoms with Crippen LogP contribution in [0.4, 0.5) is 0 Å². The molecule has 39 heavy (non-hydrogen) atoms. The number of carbonyl (C=O) groups excluding carboxylic acids is 1. The van der Waals surface area contributed by atoms with Crippen LogP contribution in [-0.2, 0) is 0 Å². The summed E-state index contributed by atoms with van der Waals surface area (Å²) in [7, 11) is 3.08. The van der Waals surface area contributed by atoms with Gasteiger partial charge in [0.2, 0.25) is 11.2 Å². The number of methoxy groups -OCH3 is 2. The number of benzene rings is 4. The molecule has 0 aliphatic heterocycles. The molecule has 0 aliphatic rings. The summed E-state index contributed by atoms with van der Waals surface area (Å²) in [4.78, 5) is 26.8. The Morgan fingerprint density at radius 2 is 1.44 bits per heavy atom. The lowest BCUT2D eigenvalue weighted by Gasteiger charge is -2.14. The number of Topliss-reactive ketones (excluding diaryl/α,β-unsaturated/α-hetero) is 1. The molecule has 4 aromatic carbocycles. The zero-order valence-corrected chi connectivity index (χ0v) is 22.2. The van der Waals surface area contributed by atoms with Gasteiger partial charge in [0.1, 0.15) is 5.58 Å². The Labute approximate surface area is 226 Å². The van der Waals surface area contributed by atoms with Gasteiger partial charge in [0, 0.05) is 11.1 Å². The summed E-state index contributed by atoms with van der Waals surface area (Å²) in [6.45, 7) is 3.46. The van der Waals surface area contributed by atoms with Crippen molar-refractivity contribution in [2.24, 2.45) is 0 Å². The third-order valence-corrected chi connectivity index (χ3v) is 6.60. The maximum Gasteiger partial charge on any atom is 0.235 e. The van der Waals surface area contributed by atoms with Gasteiger partial charge < -0.3 is 18.6 Å². The van der Waals surface area contributed by atoms with E-state index in [0.29, 0.717) is 33.6 Å². The fraction of sp³-hybridized carbons (Fsp3) is 0.152. The highest BCUT2D eigenvalue weighted by atomic mass is 16.5. The maximum atomic E-state index is 13.7. The Kier molecular flexibility index (Phi) is 7.19. The first-order chi connectivity index (χ1) is 18.9. The summed E-state index contributed by atoms with van der Waals surface area (Å²) >= 11 is 0. The van der Waals surface area contributed by atoms with E-state index in [4.69, 9.17) is 18.6 Å². The smallest absolute Gasteiger partial charge is 0.235 e. The third kappa shape index (κ3) is 5.14. The lowest BCUT2D eigenvalue weighted by molar-refractivity contribution is 0.0920. The van der Waals surface area contributed by atoms with Gasteiger partial charge in [0.15, 0.2) is 29.6 Å². The monoisotopic (exact) mass is 520 g/mol. The summed E-state index contributed by atoms with van der Waals surface area (Å²) in [6, 6.07) is 26.2. The highest BCUT2D eigenvalue weighted by molar-refractivity contribution is 5.98. The molecule has 0 bridgehead atoms. The number of fused-ring (bicyclic) bond motifs is 1. The van der Waals surface area contributed by atoms with Crippen LogP contribution in [0.15, 0.2) is 94.1 Å². The highest BCUT2D eigenvalue weighted by Crippen LogP contribution is 2.37. The van der Waals surface area contributed by atoms with Crippen molar-refractivity contribution in [2.45, 2.75) is 13.8 Å². The first-order valence-electron chi connectivity index (χ1n) is 12.5. The minimum atomic E-state index is -0.342. The van der Waals surface area contributed by atoms with Crippen molar-refractivity contribution in [3.63, 3.8) is 0 Å². The molecule has 0 amide bonds. The zero-order chi connectivity index (χ0) is 27.5. The summed E-state index contributed by atoms with van der Waals surface area (Å²) in [5.74, 6) is 0.931. The lowest BCUT2D eigenvalue weighted by Crippen LogP contribution is -2.17. The molecule has 0 saturated heterocycles. The van der Waals surface area contributed by atoms with Crippen LogP contribution in [0.3, 0.4) is 0 Å². The van der Waals surface area contributed by atoms with Crippen molar-refractivity contribution in [2.75, 3.05) is 20.8 Å². The minimum Gasteiger partial charge on any atom is -0.493 e.